The Morgan fingerprint density at radius 2 is 0.759 bits per heavy atom. The minimum atomic E-state index is -0.856. The van der Waals surface area contributed by atoms with E-state index in [1.807, 2.05) is 0 Å². The molecule has 0 aromatic heterocycles. The molecule has 0 fully saturated rings. The summed E-state index contributed by atoms with van der Waals surface area (Å²) in [5.74, 6) is -0.401. The Labute approximate surface area is 315 Å². The molecule has 0 aliphatic heterocycles. The van der Waals surface area contributed by atoms with Gasteiger partial charge in [0, 0.05) is 12.8 Å². The van der Waals surface area contributed by atoms with E-state index in [0.29, 0.717) is 44.8 Å². The van der Waals surface area contributed by atoms with Crippen molar-refractivity contribution in [3.8, 4) is 23.0 Å². The van der Waals surface area contributed by atoms with Crippen molar-refractivity contribution in [2.75, 3.05) is 26.4 Å². The fourth-order valence-corrected chi connectivity index (χ4v) is 4.55. The zero-order chi connectivity index (χ0) is 39.0. The molecule has 0 bridgehead atoms. The third-order valence-corrected chi connectivity index (χ3v) is 7.52. The second-order valence-electron chi connectivity index (χ2n) is 11.8. The third kappa shape index (κ3) is 17.1. The molecular formula is C41H48O13. The Balaban J connectivity index is 1.31. The summed E-state index contributed by atoms with van der Waals surface area (Å²) in [7, 11) is 0. The van der Waals surface area contributed by atoms with Gasteiger partial charge < -0.3 is 37.9 Å². The molecule has 0 unspecified atom stereocenters. The van der Waals surface area contributed by atoms with Gasteiger partial charge in [0.15, 0.2) is 0 Å². The molecule has 0 N–H and O–H groups in total. The second-order valence-corrected chi connectivity index (χ2v) is 11.8. The lowest BCUT2D eigenvalue weighted by molar-refractivity contribution is -0.144. The minimum Gasteiger partial charge on any atom is -0.466 e. The summed E-state index contributed by atoms with van der Waals surface area (Å²) in [6, 6.07) is 18.0. The van der Waals surface area contributed by atoms with Crippen molar-refractivity contribution < 1.29 is 61.9 Å². The molecule has 290 valence electrons. The van der Waals surface area contributed by atoms with Gasteiger partial charge in [0.1, 0.15) is 23.0 Å². The van der Waals surface area contributed by atoms with Crippen LogP contribution < -0.4 is 18.9 Å². The lowest BCUT2D eigenvalue weighted by atomic mass is 10.2. The molecule has 3 rings (SSSR count). The molecule has 0 saturated carbocycles. The highest BCUT2D eigenvalue weighted by molar-refractivity contribution is 5.92. The van der Waals surface area contributed by atoms with Crippen molar-refractivity contribution in [3.63, 3.8) is 0 Å². The van der Waals surface area contributed by atoms with Crippen molar-refractivity contribution in [1.29, 1.82) is 0 Å². The predicted octanol–water partition coefficient (Wildman–Crippen LogP) is 8.53. The van der Waals surface area contributed by atoms with E-state index in [1.165, 1.54) is 48.5 Å². The summed E-state index contributed by atoms with van der Waals surface area (Å²) < 4.78 is 42.2. The molecule has 0 aliphatic rings. The van der Waals surface area contributed by atoms with Crippen LogP contribution in [0.15, 0.2) is 85.3 Å². The molecular weight excluding hydrogens is 700 g/mol. The summed E-state index contributed by atoms with van der Waals surface area (Å²) in [6.07, 6.45) is 6.38. The van der Waals surface area contributed by atoms with Crippen LogP contribution in [0.25, 0.3) is 0 Å². The van der Waals surface area contributed by atoms with Gasteiger partial charge in [-0.2, -0.15) is 0 Å². The van der Waals surface area contributed by atoms with E-state index in [2.05, 4.69) is 6.58 Å². The zero-order valence-electron chi connectivity index (χ0n) is 30.8. The fourth-order valence-electron chi connectivity index (χ4n) is 4.55. The van der Waals surface area contributed by atoms with Gasteiger partial charge in [-0.15, -0.1) is 0 Å². The summed E-state index contributed by atoms with van der Waals surface area (Å²) in [4.78, 5) is 59.5. The van der Waals surface area contributed by atoms with Gasteiger partial charge >= 0.3 is 30.0 Å². The van der Waals surface area contributed by atoms with Gasteiger partial charge in [-0.25, -0.2) is 14.4 Å². The number of esters is 4. The van der Waals surface area contributed by atoms with Crippen molar-refractivity contribution in [1.82, 2.24) is 0 Å². The summed E-state index contributed by atoms with van der Waals surface area (Å²) in [6.45, 7) is 8.72. The zero-order valence-corrected chi connectivity index (χ0v) is 30.8. The average molecular weight is 749 g/mol. The van der Waals surface area contributed by atoms with Crippen LogP contribution in [0.3, 0.4) is 0 Å². The fraction of sp³-hybridized carbons (Fsp3) is 0.390. The van der Waals surface area contributed by atoms with Crippen LogP contribution in [-0.2, 0) is 28.5 Å². The highest BCUT2D eigenvalue weighted by atomic mass is 16.7. The molecule has 0 saturated heterocycles. The number of unbranched alkanes of at least 4 members (excludes halogenated alkanes) is 6. The molecule has 0 atom stereocenters. The van der Waals surface area contributed by atoms with E-state index in [1.54, 1.807) is 38.1 Å². The highest BCUT2D eigenvalue weighted by Crippen LogP contribution is 2.22. The maximum absolute atomic E-state index is 12.7. The average Bonchev–Trinajstić information content (AvgIpc) is 3.17. The Hall–Kier alpha value is -5.85. The van der Waals surface area contributed by atoms with Gasteiger partial charge in [-0.05, 0) is 131 Å². The molecule has 13 nitrogen and oxygen atoms in total. The van der Waals surface area contributed by atoms with Gasteiger partial charge in [0.25, 0.3) is 5.95 Å². The SMILES string of the molecule is C=C(OCCCCCCOC(=O)CC)Oc1ccc(C(=O)Oc2ccc(OC(=O)c3ccc(OC(=O)OCCCCCCOC(=O)CC)cc3)cc2)cc1. The molecule has 0 heterocycles. The summed E-state index contributed by atoms with van der Waals surface area (Å²) in [5.41, 5.74) is 0.507. The normalized spacial score (nSPS) is 10.4. The van der Waals surface area contributed by atoms with Crippen molar-refractivity contribution in [3.05, 3.63) is 96.4 Å². The molecule has 3 aromatic rings. The van der Waals surface area contributed by atoms with Crippen molar-refractivity contribution in [2.45, 2.75) is 78.1 Å². The molecule has 0 aliphatic carbocycles. The summed E-state index contributed by atoms with van der Waals surface area (Å²) in [5, 5.41) is 0. The number of hydrogen-bond acceptors (Lipinski definition) is 13. The van der Waals surface area contributed by atoms with Crippen molar-refractivity contribution >= 4 is 30.0 Å². The first-order valence-corrected chi connectivity index (χ1v) is 18.1. The lowest BCUT2D eigenvalue weighted by Gasteiger charge is -2.11. The van der Waals surface area contributed by atoms with Gasteiger partial charge in [-0.1, -0.05) is 13.8 Å². The Kier molecular flexibility index (Phi) is 19.2. The number of benzene rings is 3. The smallest absolute Gasteiger partial charge is 0.466 e. The highest BCUT2D eigenvalue weighted by Gasteiger charge is 2.13. The van der Waals surface area contributed by atoms with E-state index < -0.39 is 18.1 Å². The number of carbonyl (C=O) groups excluding carboxylic acids is 5. The number of hydrogen-bond donors (Lipinski definition) is 0. The van der Waals surface area contributed by atoms with Gasteiger partial charge in [0.2, 0.25) is 0 Å². The van der Waals surface area contributed by atoms with Crippen LogP contribution in [-0.4, -0.2) is 56.5 Å². The maximum atomic E-state index is 12.7. The van der Waals surface area contributed by atoms with E-state index in [9.17, 15) is 24.0 Å². The Morgan fingerprint density at radius 3 is 1.17 bits per heavy atom. The van der Waals surface area contributed by atoms with Gasteiger partial charge in [-0.3, -0.25) is 9.59 Å². The first-order chi connectivity index (χ1) is 26.2. The largest absolute Gasteiger partial charge is 0.513 e. The van der Waals surface area contributed by atoms with Crippen LogP contribution in [0.1, 0.15) is 98.8 Å². The van der Waals surface area contributed by atoms with Crippen LogP contribution in [0.5, 0.6) is 23.0 Å². The topological polar surface area (TPSA) is 159 Å². The van der Waals surface area contributed by atoms with Crippen LogP contribution >= 0.6 is 0 Å². The number of carbonyl (C=O) groups is 5. The number of ether oxygens (including phenoxy) is 8. The van der Waals surface area contributed by atoms with E-state index in [4.69, 9.17) is 37.9 Å². The molecule has 0 spiro atoms. The molecule has 0 radical (unpaired) electrons. The van der Waals surface area contributed by atoms with Crippen LogP contribution in [0, 0.1) is 0 Å². The van der Waals surface area contributed by atoms with Crippen LogP contribution in [0.2, 0.25) is 0 Å². The van der Waals surface area contributed by atoms with E-state index in [0.717, 1.165) is 44.9 Å². The Morgan fingerprint density at radius 1 is 0.426 bits per heavy atom. The first kappa shape index (κ1) is 42.6. The van der Waals surface area contributed by atoms with E-state index in [-0.39, 0.29) is 52.9 Å². The monoisotopic (exact) mass is 748 g/mol. The second kappa shape index (κ2) is 24.4. The lowest BCUT2D eigenvalue weighted by Crippen LogP contribution is -2.12. The molecule has 3 aromatic carbocycles. The van der Waals surface area contributed by atoms with Gasteiger partial charge in [0.05, 0.1) is 37.6 Å². The van der Waals surface area contributed by atoms with Crippen LogP contribution in [0.4, 0.5) is 4.79 Å². The quantitative estimate of drug-likeness (QED) is 0.0214. The maximum Gasteiger partial charge on any atom is 0.513 e. The number of rotatable bonds is 24. The predicted molar refractivity (Wildman–Crippen MR) is 196 cm³/mol. The third-order valence-electron chi connectivity index (χ3n) is 7.52. The van der Waals surface area contributed by atoms with E-state index >= 15 is 0 Å². The standard InChI is InChI=1S/C41H48O13/c1-4-37(42)48-27-11-7-6-10-26-47-30(3)51-33-18-14-31(15-19-33)39(44)52-34-22-24-35(25-23-34)53-40(45)32-16-20-36(21-17-32)54-41(46)50-29-13-9-8-12-28-49-38(43)5-2/h14-25H,3-13,26-29H2,1-2H3. The molecule has 0 amide bonds. The Bertz CT molecular complexity index is 1510. The molecule has 13 heteroatoms. The first-order valence-electron chi connectivity index (χ1n) is 18.1. The summed E-state index contributed by atoms with van der Waals surface area (Å²) >= 11 is 0. The minimum absolute atomic E-state index is 0.135. The van der Waals surface area contributed by atoms with Crippen molar-refractivity contribution in [2.24, 2.45) is 0 Å². The molecule has 54 heavy (non-hydrogen) atoms.